The van der Waals surface area contributed by atoms with Crippen molar-refractivity contribution in [1.29, 1.82) is 5.26 Å². The second-order valence-corrected chi connectivity index (χ2v) is 8.34. The summed E-state index contributed by atoms with van der Waals surface area (Å²) >= 11 is 0. The van der Waals surface area contributed by atoms with Crippen LogP contribution in [0.2, 0.25) is 0 Å². The second kappa shape index (κ2) is 9.13. The fourth-order valence-electron chi connectivity index (χ4n) is 4.11. The zero-order valence-corrected chi connectivity index (χ0v) is 18.0. The number of halogens is 3. The van der Waals surface area contributed by atoms with E-state index in [4.69, 9.17) is 0 Å². The number of hydrogen-bond acceptors (Lipinski definition) is 4. The molecular weight excluding hydrogens is 405 g/mol. The molecule has 1 aliphatic rings. The maximum absolute atomic E-state index is 15.3. The van der Waals surface area contributed by atoms with Crippen LogP contribution in [0.5, 0.6) is 0 Å². The Bertz CT molecular complexity index is 1000. The minimum atomic E-state index is -1.57. The number of nitriles is 1. The van der Waals surface area contributed by atoms with Gasteiger partial charge in [-0.05, 0) is 74.2 Å². The van der Waals surface area contributed by atoms with E-state index in [1.165, 1.54) is 45.4 Å². The number of hydrogen-bond donors (Lipinski definition) is 0. The summed E-state index contributed by atoms with van der Waals surface area (Å²) in [7, 11) is 1.31. The normalized spacial score (nSPS) is 19.3. The summed E-state index contributed by atoms with van der Waals surface area (Å²) in [5.74, 6) is -1.48. The van der Waals surface area contributed by atoms with Gasteiger partial charge in [-0.3, -0.25) is 4.90 Å². The van der Waals surface area contributed by atoms with Crippen molar-refractivity contribution in [3.63, 3.8) is 0 Å². The van der Waals surface area contributed by atoms with Gasteiger partial charge in [0.1, 0.15) is 23.6 Å². The lowest BCUT2D eigenvalue weighted by Gasteiger charge is -2.44. The third-order valence-corrected chi connectivity index (χ3v) is 5.33. The van der Waals surface area contributed by atoms with Gasteiger partial charge in [-0.2, -0.15) is 10.1 Å². The predicted molar refractivity (Wildman–Crippen MR) is 112 cm³/mol. The molecule has 164 valence electrons. The highest BCUT2D eigenvalue weighted by molar-refractivity contribution is 5.52. The van der Waals surface area contributed by atoms with Crippen molar-refractivity contribution in [3.8, 4) is 6.07 Å². The van der Waals surface area contributed by atoms with Gasteiger partial charge in [0.05, 0.1) is 24.8 Å². The van der Waals surface area contributed by atoms with E-state index in [1.807, 2.05) is 6.92 Å². The Kier molecular flexibility index (Phi) is 6.73. The Morgan fingerprint density at radius 1 is 1.23 bits per heavy atom. The highest BCUT2D eigenvalue weighted by Gasteiger charge is 2.39. The Labute approximate surface area is 180 Å². The number of alkyl halides is 1. The Balaban J connectivity index is 2.16. The molecule has 3 rings (SSSR count). The van der Waals surface area contributed by atoms with Crippen molar-refractivity contribution in [2.45, 2.75) is 44.9 Å². The summed E-state index contributed by atoms with van der Waals surface area (Å²) in [6, 6.07) is 8.57. The van der Waals surface area contributed by atoms with Crippen LogP contribution >= 0.6 is 0 Å². The maximum atomic E-state index is 15.3. The Morgan fingerprint density at radius 3 is 2.48 bits per heavy atom. The first-order chi connectivity index (χ1) is 14.6. The molecule has 1 heterocycles. The molecule has 4 nitrogen and oxygen atoms in total. The molecule has 0 aliphatic carbocycles. The molecule has 0 saturated carbocycles. The Hall–Kier alpha value is -2.82. The van der Waals surface area contributed by atoms with E-state index < -0.39 is 23.3 Å². The summed E-state index contributed by atoms with van der Waals surface area (Å²) in [6.07, 6.45) is 3.10. The van der Waals surface area contributed by atoms with Crippen molar-refractivity contribution in [1.82, 2.24) is 4.90 Å². The van der Waals surface area contributed by atoms with E-state index in [-0.39, 0.29) is 23.7 Å². The van der Waals surface area contributed by atoms with Crippen LogP contribution in [0, 0.1) is 23.0 Å². The summed E-state index contributed by atoms with van der Waals surface area (Å²) in [4.78, 5) is 10.8. The first kappa shape index (κ1) is 22.9. The molecule has 1 aliphatic heterocycles. The third kappa shape index (κ3) is 5.09. The minimum absolute atomic E-state index is 0.000484. The van der Waals surface area contributed by atoms with E-state index in [0.29, 0.717) is 17.5 Å². The summed E-state index contributed by atoms with van der Waals surface area (Å²) in [6.45, 7) is 4.79. The molecule has 0 saturated heterocycles. The SMILES string of the molecule is COO/C=C/c1cc(F)c(C2c3ccc(C#N)cc3CC(C)N2CC(C)(C)F)c(F)c1. The van der Waals surface area contributed by atoms with Crippen LogP contribution in [-0.2, 0) is 16.2 Å². The van der Waals surface area contributed by atoms with E-state index in [0.717, 1.165) is 5.56 Å². The average molecular weight is 430 g/mol. The standard InChI is InChI=1S/C24H25F3N2O2/c1-15-9-18-10-17(13-28)5-6-19(18)23(29(15)14-24(2,3)27)22-20(25)11-16(12-21(22)26)7-8-31-30-4/h5-8,10-12,15,23H,9,14H2,1-4H3/b8-7+. The van der Waals surface area contributed by atoms with Crippen molar-refractivity contribution in [2.75, 3.05) is 13.7 Å². The molecule has 0 bridgehead atoms. The van der Waals surface area contributed by atoms with Gasteiger partial charge in [-0.1, -0.05) is 6.07 Å². The molecule has 0 spiro atoms. The van der Waals surface area contributed by atoms with Crippen LogP contribution in [0.4, 0.5) is 13.2 Å². The quantitative estimate of drug-likeness (QED) is 0.346. The molecule has 2 aromatic rings. The molecule has 2 unspecified atom stereocenters. The average Bonchev–Trinajstić information content (AvgIpc) is 2.68. The van der Waals surface area contributed by atoms with Crippen molar-refractivity contribution >= 4 is 6.08 Å². The lowest BCUT2D eigenvalue weighted by Crippen LogP contribution is -2.48. The number of rotatable bonds is 6. The summed E-state index contributed by atoms with van der Waals surface area (Å²) in [5, 5.41) is 9.24. The molecule has 31 heavy (non-hydrogen) atoms. The zero-order valence-electron chi connectivity index (χ0n) is 18.0. The Morgan fingerprint density at radius 2 is 1.90 bits per heavy atom. The molecule has 2 atom stereocenters. The molecule has 0 amide bonds. The maximum Gasteiger partial charge on any atom is 0.131 e. The van der Waals surface area contributed by atoms with Crippen LogP contribution in [0.1, 0.15) is 54.6 Å². The van der Waals surface area contributed by atoms with Gasteiger partial charge in [-0.15, -0.1) is 0 Å². The van der Waals surface area contributed by atoms with Gasteiger partial charge < -0.3 is 4.89 Å². The van der Waals surface area contributed by atoms with Crippen LogP contribution < -0.4 is 0 Å². The molecule has 2 aromatic carbocycles. The molecular formula is C24H25F3N2O2. The van der Waals surface area contributed by atoms with Gasteiger partial charge in [0.25, 0.3) is 0 Å². The molecule has 0 radical (unpaired) electrons. The summed E-state index contributed by atoms with van der Waals surface area (Å²) in [5.41, 5.74) is 0.530. The van der Waals surface area contributed by atoms with Gasteiger partial charge in [0.2, 0.25) is 0 Å². The van der Waals surface area contributed by atoms with Gasteiger partial charge in [-0.25, -0.2) is 13.2 Å². The van der Waals surface area contributed by atoms with Gasteiger partial charge >= 0.3 is 0 Å². The van der Waals surface area contributed by atoms with Crippen molar-refractivity contribution < 1.29 is 22.9 Å². The van der Waals surface area contributed by atoms with Crippen LogP contribution in [0.25, 0.3) is 6.08 Å². The highest BCUT2D eigenvalue weighted by atomic mass is 19.1. The molecule has 7 heteroatoms. The van der Waals surface area contributed by atoms with E-state index in [1.54, 1.807) is 23.1 Å². The van der Waals surface area contributed by atoms with Crippen molar-refractivity contribution in [3.05, 3.63) is 76.0 Å². The zero-order chi connectivity index (χ0) is 22.8. The molecule has 0 N–H and O–H groups in total. The monoisotopic (exact) mass is 430 g/mol. The van der Waals surface area contributed by atoms with E-state index in [2.05, 4.69) is 15.8 Å². The largest absolute Gasteiger partial charge is 0.346 e. The minimum Gasteiger partial charge on any atom is -0.346 e. The number of benzene rings is 2. The van der Waals surface area contributed by atoms with Gasteiger partial charge in [0, 0.05) is 18.2 Å². The fraction of sp³-hybridized carbons (Fsp3) is 0.375. The smallest absolute Gasteiger partial charge is 0.131 e. The van der Waals surface area contributed by atoms with Crippen molar-refractivity contribution in [2.24, 2.45) is 0 Å². The van der Waals surface area contributed by atoms with Crippen LogP contribution in [0.3, 0.4) is 0 Å². The predicted octanol–water partition coefficient (Wildman–Crippen LogP) is 5.47. The first-order valence-corrected chi connectivity index (χ1v) is 9.97. The van der Waals surface area contributed by atoms with E-state index in [9.17, 15) is 9.65 Å². The highest BCUT2D eigenvalue weighted by Crippen LogP contribution is 2.41. The third-order valence-electron chi connectivity index (χ3n) is 5.33. The lowest BCUT2D eigenvalue weighted by atomic mass is 9.83. The first-order valence-electron chi connectivity index (χ1n) is 9.97. The second-order valence-electron chi connectivity index (χ2n) is 8.34. The lowest BCUT2D eigenvalue weighted by molar-refractivity contribution is -0.221. The van der Waals surface area contributed by atoms with E-state index >= 15 is 8.78 Å². The molecule has 0 aromatic heterocycles. The van der Waals surface area contributed by atoms with Gasteiger partial charge in [0.15, 0.2) is 0 Å². The summed E-state index contributed by atoms with van der Waals surface area (Å²) < 4.78 is 45.2. The topological polar surface area (TPSA) is 45.5 Å². The number of fused-ring (bicyclic) bond motifs is 1. The fourth-order valence-corrected chi connectivity index (χ4v) is 4.11. The molecule has 0 fully saturated rings. The number of nitrogens with zero attached hydrogens (tertiary/aromatic N) is 2. The van der Waals surface area contributed by atoms with Crippen LogP contribution in [-0.4, -0.2) is 30.3 Å². The van der Waals surface area contributed by atoms with Crippen LogP contribution in [0.15, 0.2) is 36.6 Å².